The molecule has 0 N–H and O–H groups in total. The van der Waals surface area contributed by atoms with E-state index in [0.717, 1.165) is 62.0 Å². The molecule has 3 rings (SSSR count). The smallest absolute Gasteiger partial charge is 0.246 e. The second-order valence-corrected chi connectivity index (χ2v) is 7.45. The van der Waals surface area contributed by atoms with Gasteiger partial charge in [0.05, 0.1) is 0 Å². The van der Waals surface area contributed by atoms with Gasteiger partial charge in [-0.2, -0.15) is 0 Å². The van der Waals surface area contributed by atoms with Gasteiger partial charge < -0.3 is 14.2 Å². The molecule has 2 aromatic rings. The fourth-order valence-corrected chi connectivity index (χ4v) is 3.77. The highest BCUT2D eigenvalue weighted by molar-refractivity contribution is 5.91. The Morgan fingerprint density at radius 3 is 2.61 bits per heavy atom. The van der Waals surface area contributed by atoms with Gasteiger partial charge in [-0.05, 0) is 58.2 Å². The molecule has 6 nitrogen and oxygen atoms in total. The molecule has 1 saturated heterocycles. The minimum atomic E-state index is 0.0584. The molecule has 0 atom stereocenters. The molecule has 1 aliphatic rings. The van der Waals surface area contributed by atoms with Gasteiger partial charge in [-0.1, -0.05) is 6.92 Å². The number of aromatic nitrogens is 2. The van der Waals surface area contributed by atoms with Crippen LogP contribution in [0.1, 0.15) is 49.2 Å². The molecular formula is C22H30N4O2. The van der Waals surface area contributed by atoms with E-state index in [2.05, 4.69) is 21.8 Å². The van der Waals surface area contributed by atoms with E-state index in [1.54, 1.807) is 12.2 Å². The lowest BCUT2D eigenvalue weighted by atomic mass is 10.0. The van der Waals surface area contributed by atoms with Crippen molar-refractivity contribution in [3.63, 3.8) is 0 Å². The van der Waals surface area contributed by atoms with E-state index in [1.807, 2.05) is 43.9 Å². The molecule has 1 aliphatic heterocycles. The predicted molar refractivity (Wildman–Crippen MR) is 111 cm³/mol. The van der Waals surface area contributed by atoms with Crippen molar-refractivity contribution in [2.24, 2.45) is 0 Å². The van der Waals surface area contributed by atoms with Crippen LogP contribution in [-0.2, 0) is 4.79 Å². The molecule has 3 heterocycles. The van der Waals surface area contributed by atoms with Crippen LogP contribution < -0.4 is 4.90 Å². The zero-order chi connectivity index (χ0) is 20.1. The van der Waals surface area contributed by atoms with Gasteiger partial charge in [-0.3, -0.25) is 4.79 Å². The van der Waals surface area contributed by atoms with Crippen LogP contribution in [0.3, 0.4) is 0 Å². The molecule has 2 aromatic heterocycles. The summed E-state index contributed by atoms with van der Waals surface area (Å²) >= 11 is 0. The van der Waals surface area contributed by atoms with Gasteiger partial charge in [0.2, 0.25) is 5.91 Å². The van der Waals surface area contributed by atoms with Gasteiger partial charge in [0, 0.05) is 43.5 Å². The maximum atomic E-state index is 12.8. The molecule has 150 valence electrons. The summed E-state index contributed by atoms with van der Waals surface area (Å²) in [4.78, 5) is 26.1. The molecule has 1 amide bonds. The molecule has 0 unspecified atom stereocenters. The van der Waals surface area contributed by atoms with Crippen molar-refractivity contribution in [3.8, 4) is 0 Å². The second-order valence-electron chi connectivity index (χ2n) is 7.45. The van der Waals surface area contributed by atoms with E-state index in [-0.39, 0.29) is 11.9 Å². The molecule has 0 aromatic carbocycles. The Balaban J connectivity index is 1.63. The first-order chi connectivity index (χ1) is 13.5. The summed E-state index contributed by atoms with van der Waals surface area (Å²) in [6.45, 7) is 10.5. The number of aryl methyl sites for hydroxylation is 3. The first-order valence-corrected chi connectivity index (χ1v) is 10.1. The minimum Gasteiger partial charge on any atom is -0.462 e. The van der Waals surface area contributed by atoms with Gasteiger partial charge in [0.15, 0.2) is 0 Å². The van der Waals surface area contributed by atoms with Gasteiger partial charge in [0.1, 0.15) is 23.2 Å². The van der Waals surface area contributed by atoms with Gasteiger partial charge >= 0.3 is 0 Å². The first-order valence-electron chi connectivity index (χ1n) is 10.1. The summed E-state index contributed by atoms with van der Waals surface area (Å²) in [5.41, 5.74) is 0.991. The van der Waals surface area contributed by atoms with Crippen molar-refractivity contribution in [1.82, 2.24) is 14.9 Å². The molecule has 6 heteroatoms. The van der Waals surface area contributed by atoms with E-state index in [9.17, 15) is 4.79 Å². The van der Waals surface area contributed by atoms with Crippen LogP contribution in [0.2, 0.25) is 0 Å². The van der Waals surface area contributed by atoms with E-state index in [1.165, 1.54) is 0 Å². The number of carbonyl (C=O) groups excluding carboxylic acids is 1. The van der Waals surface area contributed by atoms with Crippen molar-refractivity contribution in [2.45, 2.75) is 53.0 Å². The van der Waals surface area contributed by atoms with Gasteiger partial charge in [0.25, 0.3) is 0 Å². The Kier molecular flexibility index (Phi) is 6.49. The van der Waals surface area contributed by atoms with Crippen LogP contribution >= 0.6 is 0 Å². The highest BCUT2D eigenvalue weighted by Crippen LogP contribution is 2.22. The number of amides is 1. The molecule has 0 bridgehead atoms. The van der Waals surface area contributed by atoms with E-state index in [4.69, 9.17) is 4.42 Å². The number of hydrogen-bond donors (Lipinski definition) is 0. The molecule has 1 fully saturated rings. The average Bonchev–Trinajstić information content (AvgIpc) is 3.09. The zero-order valence-electron chi connectivity index (χ0n) is 17.3. The van der Waals surface area contributed by atoms with Crippen LogP contribution in [-0.4, -0.2) is 46.5 Å². The van der Waals surface area contributed by atoms with Crippen LogP contribution in [0.15, 0.2) is 28.7 Å². The molecule has 0 aliphatic carbocycles. The van der Waals surface area contributed by atoms with E-state index >= 15 is 0 Å². The number of carbonyl (C=O) groups is 1. The number of rotatable bonds is 6. The van der Waals surface area contributed by atoms with Crippen LogP contribution in [0.4, 0.5) is 5.82 Å². The predicted octanol–water partition coefficient (Wildman–Crippen LogP) is 3.92. The fraction of sp³-hybridized carbons (Fsp3) is 0.500. The summed E-state index contributed by atoms with van der Waals surface area (Å²) in [6, 6.07) is 6.08. The van der Waals surface area contributed by atoms with E-state index in [0.29, 0.717) is 5.76 Å². The topological polar surface area (TPSA) is 62.5 Å². The normalized spacial score (nSPS) is 15.4. The highest BCUT2D eigenvalue weighted by Gasteiger charge is 2.27. The summed E-state index contributed by atoms with van der Waals surface area (Å²) in [6.07, 6.45) is 6.24. The third-order valence-electron chi connectivity index (χ3n) is 5.08. The Hall–Kier alpha value is -2.63. The summed E-state index contributed by atoms with van der Waals surface area (Å²) in [5, 5.41) is 0. The number of piperidine rings is 1. The lowest BCUT2D eigenvalue weighted by Crippen LogP contribution is -2.47. The number of hydrogen-bond acceptors (Lipinski definition) is 5. The van der Waals surface area contributed by atoms with Crippen molar-refractivity contribution < 1.29 is 9.21 Å². The quantitative estimate of drug-likeness (QED) is 0.709. The van der Waals surface area contributed by atoms with Crippen LogP contribution in [0.5, 0.6) is 0 Å². The standard InChI is InChI=1S/C22H30N4O2/c1-5-12-26(22(27)9-8-20-7-6-17(3)28-20)19-10-13-25(14-11-19)21-15-16(2)23-18(4)24-21/h6-9,15,19H,5,10-14H2,1-4H3. The maximum Gasteiger partial charge on any atom is 0.246 e. The number of anilines is 1. The van der Waals surface area contributed by atoms with Crippen molar-refractivity contribution in [2.75, 3.05) is 24.5 Å². The third kappa shape index (κ3) is 5.00. The largest absolute Gasteiger partial charge is 0.462 e. The molecule has 0 radical (unpaired) electrons. The third-order valence-corrected chi connectivity index (χ3v) is 5.08. The SMILES string of the molecule is CCCN(C(=O)C=Cc1ccc(C)o1)C1CCN(c2cc(C)nc(C)n2)CC1. The summed E-state index contributed by atoms with van der Waals surface area (Å²) in [7, 11) is 0. The molecule has 28 heavy (non-hydrogen) atoms. The molecule has 0 spiro atoms. The first kappa shape index (κ1) is 20.1. The Labute approximate surface area is 167 Å². The van der Waals surface area contributed by atoms with Gasteiger partial charge in [-0.25, -0.2) is 9.97 Å². The lowest BCUT2D eigenvalue weighted by Gasteiger charge is -2.38. The Morgan fingerprint density at radius 2 is 2.00 bits per heavy atom. The average molecular weight is 383 g/mol. The maximum absolute atomic E-state index is 12.8. The molecule has 0 saturated carbocycles. The number of furan rings is 1. The summed E-state index contributed by atoms with van der Waals surface area (Å²) < 4.78 is 5.53. The monoisotopic (exact) mass is 382 g/mol. The minimum absolute atomic E-state index is 0.0584. The van der Waals surface area contributed by atoms with Crippen molar-refractivity contribution >= 4 is 17.8 Å². The molecular weight excluding hydrogens is 352 g/mol. The Morgan fingerprint density at radius 1 is 1.25 bits per heavy atom. The fourth-order valence-electron chi connectivity index (χ4n) is 3.77. The lowest BCUT2D eigenvalue weighted by molar-refractivity contribution is -0.128. The van der Waals surface area contributed by atoms with Crippen LogP contribution in [0.25, 0.3) is 6.08 Å². The van der Waals surface area contributed by atoms with Crippen LogP contribution in [0, 0.1) is 20.8 Å². The summed E-state index contributed by atoms with van der Waals surface area (Å²) in [5.74, 6) is 3.41. The zero-order valence-corrected chi connectivity index (χ0v) is 17.3. The van der Waals surface area contributed by atoms with E-state index < -0.39 is 0 Å². The number of nitrogens with zero attached hydrogens (tertiary/aromatic N) is 4. The highest BCUT2D eigenvalue weighted by atomic mass is 16.3. The van der Waals surface area contributed by atoms with Crippen molar-refractivity contribution in [1.29, 1.82) is 0 Å². The second kappa shape index (κ2) is 9.04. The Bertz CT molecular complexity index is 815. The van der Waals surface area contributed by atoms with Gasteiger partial charge in [-0.15, -0.1) is 0 Å². The van der Waals surface area contributed by atoms with Crippen molar-refractivity contribution in [3.05, 3.63) is 47.3 Å².